The number of hydrogen-bond acceptors (Lipinski definition) is 7. The van der Waals surface area contributed by atoms with Gasteiger partial charge in [-0.25, -0.2) is 0 Å². The Hall–Kier alpha value is -2.45. The SMILES string of the molecule is O=Cc1ccc(B(O)O)cc1.O=Cc1ccc(OB(O)O)cc1. The lowest BCUT2D eigenvalue weighted by Crippen LogP contribution is -2.29. The van der Waals surface area contributed by atoms with Crippen molar-refractivity contribution >= 4 is 32.5 Å². The Balaban J connectivity index is 0.000000231. The Morgan fingerprint density at radius 3 is 1.52 bits per heavy atom. The molecule has 2 aromatic carbocycles. The summed E-state index contributed by atoms with van der Waals surface area (Å²) in [5, 5.41) is 34.1. The smallest absolute Gasteiger partial charge is 0.512 e. The summed E-state index contributed by atoms with van der Waals surface area (Å²) < 4.78 is 4.51. The molecule has 0 heterocycles. The predicted molar refractivity (Wildman–Crippen MR) is 84.3 cm³/mol. The van der Waals surface area contributed by atoms with Gasteiger partial charge in [-0.05, 0) is 29.7 Å². The van der Waals surface area contributed by atoms with Crippen molar-refractivity contribution in [2.24, 2.45) is 0 Å². The molecule has 9 heteroatoms. The second-order valence-corrected chi connectivity index (χ2v) is 4.29. The number of carbonyl (C=O) groups excluding carboxylic acids is 2. The molecule has 0 radical (unpaired) electrons. The van der Waals surface area contributed by atoms with Crippen LogP contribution < -0.4 is 10.1 Å². The summed E-state index contributed by atoms with van der Waals surface area (Å²) in [7, 11) is -3.29. The van der Waals surface area contributed by atoms with Crippen molar-refractivity contribution in [3.8, 4) is 5.75 Å². The topological polar surface area (TPSA) is 124 Å². The number of benzene rings is 2. The molecule has 0 saturated heterocycles. The average Bonchev–Trinajstić information content (AvgIpc) is 2.55. The first-order chi connectivity index (χ1) is 11.0. The van der Waals surface area contributed by atoms with Crippen LogP contribution >= 0.6 is 0 Å². The highest BCUT2D eigenvalue weighted by atomic mass is 16.6. The molecule has 23 heavy (non-hydrogen) atoms. The summed E-state index contributed by atoms with van der Waals surface area (Å²) in [6, 6.07) is 12.0. The Morgan fingerprint density at radius 2 is 1.17 bits per heavy atom. The van der Waals surface area contributed by atoms with Crippen LogP contribution in [0.1, 0.15) is 20.7 Å². The van der Waals surface area contributed by atoms with Crippen LogP contribution in [0.25, 0.3) is 0 Å². The fourth-order valence-corrected chi connectivity index (χ4v) is 1.49. The summed E-state index contributed by atoms with van der Waals surface area (Å²) in [5.74, 6) is 0.301. The molecule has 0 amide bonds. The summed E-state index contributed by atoms with van der Waals surface area (Å²) in [4.78, 5) is 20.4. The van der Waals surface area contributed by atoms with Crippen molar-refractivity contribution in [1.82, 2.24) is 0 Å². The van der Waals surface area contributed by atoms with E-state index < -0.39 is 14.4 Å². The van der Waals surface area contributed by atoms with Gasteiger partial charge in [-0.1, -0.05) is 24.3 Å². The maximum absolute atomic E-state index is 10.2. The van der Waals surface area contributed by atoms with Gasteiger partial charge in [0.15, 0.2) is 0 Å². The quantitative estimate of drug-likeness (QED) is 0.413. The molecule has 0 atom stereocenters. The zero-order chi connectivity index (χ0) is 17.2. The molecule has 0 bridgehead atoms. The van der Waals surface area contributed by atoms with Gasteiger partial charge in [0.25, 0.3) is 0 Å². The molecule has 7 nitrogen and oxygen atoms in total. The molecule has 2 rings (SSSR count). The van der Waals surface area contributed by atoms with E-state index in [2.05, 4.69) is 4.65 Å². The first kappa shape index (κ1) is 18.6. The number of hydrogen-bond donors (Lipinski definition) is 4. The average molecular weight is 316 g/mol. The minimum absolute atomic E-state index is 0.301. The Kier molecular flexibility index (Phi) is 7.72. The van der Waals surface area contributed by atoms with Crippen molar-refractivity contribution < 1.29 is 34.3 Å². The molecular formula is C14H14B2O7. The lowest BCUT2D eigenvalue weighted by molar-refractivity contribution is 0.111. The fraction of sp³-hybridized carbons (Fsp3) is 0. The van der Waals surface area contributed by atoms with E-state index in [0.29, 0.717) is 34.9 Å². The molecule has 118 valence electrons. The van der Waals surface area contributed by atoms with Crippen LogP contribution in [-0.4, -0.2) is 47.1 Å². The van der Waals surface area contributed by atoms with E-state index in [1.165, 1.54) is 48.5 Å². The van der Waals surface area contributed by atoms with Crippen LogP contribution in [-0.2, 0) is 0 Å². The lowest BCUT2D eigenvalue weighted by Gasteiger charge is -2.02. The highest BCUT2D eigenvalue weighted by Gasteiger charge is 2.10. The molecule has 0 spiro atoms. The first-order valence-corrected chi connectivity index (χ1v) is 6.45. The second-order valence-electron chi connectivity index (χ2n) is 4.29. The molecule has 0 aliphatic carbocycles. The van der Waals surface area contributed by atoms with E-state index in [9.17, 15) is 9.59 Å². The number of carbonyl (C=O) groups is 2. The second kappa shape index (κ2) is 9.54. The minimum Gasteiger partial charge on any atom is -0.512 e. The third-order valence-electron chi connectivity index (χ3n) is 2.63. The van der Waals surface area contributed by atoms with Crippen molar-refractivity contribution in [3.05, 3.63) is 59.7 Å². The molecule has 0 aromatic heterocycles. The zero-order valence-electron chi connectivity index (χ0n) is 11.9. The molecule has 0 saturated carbocycles. The van der Waals surface area contributed by atoms with Crippen LogP contribution in [0, 0.1) is 0 Å². The summed E-state index contributed by atoms with van der Waals surface area (Å²) in [5.41, 5.74) is 1.42. The van der Waals surface area contributed by atoms with Gasteiger partial charge in [0.1, 0.15) is 18.3 Å². The zero-order valence-corrected chi connectivity index (χ0v) is 11.9. The van der Waals surface area contributed by atoms with E-state index in [1.807, 2.05) is 0 Å². The molecule has 4 N–H and O–H groups in total. The van der Waals surface area contributed by atoms with Gasteiger partial charge in [0, 0.05) is 11.1 Å². The first-order valence-electron chi connectivity index (χ1n) is 6.45. The largest absolute Gasteiger partial charge is 0.707 e. The van der Waals surface area contributed by atoms with E-state index in [4.69, 9.17) is 20.1 Å². The molecule has 0 aliphatic rings. The Bertz CT molecular complexity index is 612. The predicted octanol–water partition coefficient (Wildman–Crippen LogP) is -0.974. The number of aldehydes is 2. The normalized spacial score (nSPS) is 9.22. The maximum atomic E-state index is 10.2. The van der Waals surface area contributed by atoms with Crippen LogP contribution in [0.4, 0.5) is 0 Å². The molecule has 0 unspecified atom stereocenters. The summed E-state index contributed by atoms with van der Waals surface area (Å²) >= 11 is 0. The summed E-state index contributed by atoms with van der Waals surface area (Å²) in [6.45, 7) is 0. The van der Waals surface area contributed by atoms with E-state index >= 15 is 0 Å². The fourth-order valence-electron chi connectivity index (χ4n) is 1.49. The van der Waals surface area contributed by atoms with Gasteiger partial charge in [-0.2, -0.15) is 0 Å². The van der Waals surface area contributed by atoms with Gasteiger partial charge in [0.2, 0.25) is 0 Å². The van der Waals surface area contributed by atoms with Crippen molar-refractivity contribution in [1.29, 1.82) is 0 Å². The van der Waals surface area contributed by atoms with Gasteiger partial charge >= 0.3 is 14.4 Å². The van der Waals surface area contributed by atoms with Gasteiger partial charge in [0.05, 0.1) is 0 Å². The number of rotatable bonds is 5. The molecule has 2 aromatic rings. The van der Waals surface area contributed by atoms with Crippen molar-refractivity contribution in [2.75, 3.05) is 0 Å². The third kappa shape index (κ3) is 6.90. The Labute approximate surface area is 133 Å². The standard InChI is InChI=1S/C7H7BO4.C7H7BO3/c9-5-6-1-3-7(4-2-6)12-8(10)11;9-5-6-1-3-7(4-2-6)8(10)11/h1-5,10-11H;1-5,10-11H. The molecule has 0 fully saturated rings. The van der Waals surface area contributed by atoms with E-state index in [1.54, 1.807) is 0 Å². The maximum Gasteiger partial charge on any atom is 0.707 e. The highest BCUT2D eigenvalue weighted by molar-refractivity contribution is 6.58. The van der Waals surface area contributed by atoms with E-state index in [-0.39, 0.29) is 0 Å². The van der Waals surface area contributed by atoms with Crippen LogP contribution in [0.5, 0.6) is 5.75 Å². The van der Waals surface area contributed by atoms with Crippen LogP contribution in [0.2, 0.25) is 0 Å². The third-order valence-corrected chi connectivity index (χ3v) is 2.63. The lowest BCUT2D eigenvalue weighted by atomic mass is 9.80. The minimum atomic E-state index is -1.83. The van der Waals surface area contributed by atoms with Gasteiger partial charge in [-0.15, -0.1) is 0 Å². The van der Waals surface area contributed by atoms with Crippen LogP contribution in [0.3, 0.4) is 0 Å². The van der Waals surface area contributed by atoms with Crippen LogP contribution in [0.15, 0.2) is 48.5 Å². The van der Waals surface area contributed by atoms with Gasteiger partial charge < -0.3 is 24.8 Å². The molecule has 0 aliphatic heterocycles. The van der Waals surface area contributed by atoms with Crippen molar-refractivity contribution in [3.63, 3.8) is 0 Å². The Morgan fingerprint density at radius 1 is 0.739 bits per heavy atom. The molecular weight excluding hydrogens is 302 g/mol. The highest BCUT2D eigenvalue weighted by Crippen LogP contribution is 2.10. The monoisotopic (exact) mass is 316 g/mol. The summed E-state index contributed by atoms with van der Waals surface area (Å²) in [6.07, 6.45) is 1.40. The van der Waals surface area contributed by atoms with Crippen molar-refractivity contribution in [2.45, 2.75) is 0 Å². The van der Waals surface area contributed by atoms with E-state index in [0.717, 1.165) is 0 Å². The van der Waals surface area contributed by atoms with Gasteiger partial charge in [-0.3, -0.25) is 9.59 Å².